The van der Waals surface area contributed by atoms with Gasteiger partial charge in [-0.3, -0.25) is 4.79 Å². The standard InChI is InChI=1S/C13H17NO4S/c1-13(2)10(11(13)12(15)18-3)8-4-6-9(7-5-8)19(14,16)17/h4-7,10-11H,1-3H3,(H2,14,16,17). The molecule has 0 bridgehead atoms. The smallest absolute Gasteiger partial charge is 0.309 e. The summed E-state index contributed by atoms with van der Waals surface area (Å²) < 4.78 is 27.1. The molecule has 104 valence electrons. The van der Waals surface area contributed by atoms with Gasteiger partial charge in [0.15, 0.2) is 0 Å². The van der Waals surface area contributed by atoms with Crippen LogP contribution in [0.5, 0.6) is 0 Å². The molecule has 0 aliphatic heterocycles. The van der Waals surface area contributed by atoms with Gasteiger partial charge in [0, 0.05) is 5.92 Å². The molecule has 1 aliphatic carbocycles. The number of benzene rings is 1. The first-order valence-corrected chi connectivity index (χ1v) is 7.45. The normalized spacial score (nSPS) is 24.8. The van der Waals surface area contributed by atoms with Gasteiger partial charge in [0.1, 0.15) is 0 Å². The topological polar surface area (TPSA) is 86.5 Å². The maximum Gasteiger partial charge on any atom is 0.309 e. The molecule has 1 aromatic rings. The van der Waals surface area contributed by atoms with Crippen LogP contribution in [0.2, 0.25) is 0 Å². The van der Waals surface area contributed by atoms with Crippen molar-refractivity contribution in [1.82, 2.24) is 0 Å². The predicted molar refractivity (Wildman–Crippen MR) is 69.8 cm³/mol. The zero-order chi connectivity index (χ0) is 14.4. The number of carbonyl (C=O) groups is 1. The van der Waals surface area contributed by atoms with Crippen LogP contribution in [0.25, 0.3) is 0 Å². The number of ether oxygens (including phenoxy) is 1. The van der Waals surface area contributed by atoms with Crippen LogP contribution in [0, 0.1) is 11.3 Å². The first kappa shape index (κ1) is 14.0. The third-order valence-corrected chi connectivity index (χ3v) is 4.78. The van der Waals surface area contributed by atoms with Gasteiger partial charge < -0.3 is 4.74 Å². The van der Waals surface area contributed by atoms with Crippen molar-refractivity contribution in [2.24, 2.45) is 16.5 Å². The van der Waals surface area contributed by atoms with E-state index in [0.29, 0.717) is 0 Å². The summed E-state index contributed by atoms with van der Waals surface area (Å²) >= 11 is 0. The van der Waals surface area contributed by atoms with E-state index in [1.807, 2.05) is 13.8 Å². The number of primary sulfonamides is 1. The number of nitrogens with two attached hydrogens (primary N) is 1. The molecule has 2 atom stereocenters. The van der Waals surface area contributed by atoms with E-state index in [1.165, 1.54) is 19.2 Å². The van der Waals surface area contributed by atoms with Crippen LogP contribution >= 0.6 is 0 Å². The van der Waals surface area contributed by atoms with Crippen molar-refractivity contribution in [3.8, 4) is 0 Å². The Labute approximate surface area is 112 Å². The lowest BCUT2D eigenvalue weighted by Crippen LogP contribution is -2.11. The minimum atomic E-state index is -3.68. The molecule has 0 saturated heterocycles. The van der Waals surface area contributed by atoms with Crippen molar-refractivity contribution in [2.75, 3.05) is 7.11 Å². The molecular weight excluding hydrogens is 266 g/mol. The molecule has 2 unspecified atom stereocenters. The summed E-state index contributed by atoms with van der Waals surface area (Å²) in [4.78, 5) is 11.7. The summed E-state index contributed by atoms with van der Waals surface area (Å²) in [7, 11) is -2.31. The Morgan fingerprint density at radius 3 is 2.21 bits per heavy atom. The van der Waals surface area contributed by atoms with Crippen LogP contribution in [-0.2, 0) is 19.6 Å². The van der Waals surface area contributed by atoms with Gasteiger partial charge in [0.2, 0.25) is 10.0 Å². The summed E-state index contributed by atoms with van der Waals surface area (Å²) in [5.74, 6) is -0.363. The molecule has 0 heterocycles. The van der Waals surface area contributed by atoms with Crippen molar-refractivity contribution in [3.63, 3.8) is 0 Å². The lowest BCUT2D eigenvalue weighted by atomic mass is 10.0. The average Bonchev–Trinajstić information content (AvgIpc) is 2.90. The molecular formula is C13H17NO4S. The van der Waals surface area contributed by atoms with Gasteiger partial charge in [-0.25, -0.2) is 13.6 Å². The summed E-state index contributed by atoms with van der Waals surface area (Å²) in [5, 5.41) is 5.05. The molecule has 2 N–H and O–H groups in total. The van der Waals surface area contributed by atoms with Crippen molar-refractivity contribution in [2.45, 2.75) is 24.7 Å². The second-order valence-electron chi connectivity index (χ2n) is 5.41. The largest absolute Gasteiger partial charge is 0.469 e. The molecule has 0 amide bonds. The average molecular weight is 283 g/mol. The molecule has 5 nitrogen and oxygen atoms in total. The molecule has 0 aromatic heterocycles. The van der Waals surface area contributed by atoms with E-state index >= 15 is 0 Å². The molecule has 1 aliphatic rings. The van der Waals surface area contributed by atoms with Gasteiger partial charge >= 0.3 is 5.97 Å². The Kier molecular flexibility index (Phi) is 3.18. The minimum Gasteiger partial charge on any atom is -0.469 e. The molecule has 1 aromatic carbocycles. The first-order valence-electron chi connectivity index (χ1n) is 5.90. The molecule has 1 saturated carbocycles. The fourth-order valence-electron chi connectivity index (χ4n) is 2.69. The van der Waals surface area contributed by atoms with Gasteiger partial charge in [-0.15, -0.1) is 0 Å². The van der Waals surface area contributed by atoms with Crippen LogP contribution in [0.1, 0.15) is 25.3 Å². The number of hydrogen-bond acceptors (Lipinski definition) is 4. The van der Waals surface area contributed by atoms with E-state index in [9.17, 15) is 13.2 Å². The Morgan fingerprint density at radius 1 is 1.26 bits per heavy atom. The molecule has 0 spiro atoms. The van der Waals surface area contributed by atoms with E-state index < -0.39 is 10.0 Å². The van der Waals surface area contributed by atoms with Crippen LogP contribution in [0.15, 0.2) is 29.2 Å². The number of sulfonamides is 1. The number of methoxy groups -OCH3 is 1. The molecule has 6 heteroatoms. The molecule has 1 fully saturated rings. The zero-order valence-electron chi connectivity index (χ0n) is 11.1. The molecule has 2 rings (SSSR count). The van der Waals surface area contributed by atoms with E-state index in [2.05, 4.69) is 0 Å². The SMILES string of the molecule is COC(=O)C1C(c2ccc(S(N)(=O)=O)cc2)C1(C)C. The van der Waals surface area contributed by atoms with Crippen LogP contribution in [0.4, 0.5) is 0 Å². The van der Waals surface area contributed by atoms with E-state index in [4.69, 9.17) is 9.88 Å². The molecule has 19 heavy (non-hydrogen) atoms. The highest BCUT2D eigenvalue weighted by Gasteiger charge is 2.63. The fraction of sp³-hybridized carbons (Fsp3) is 0.462. The van der Waals surface area contributed by atoms with Crippen molar-refractivity contribution in [3.05, 3.63) is 29.8 Å². The third kappa shape index (κ3) is 2.37. The van der Waals surface area contributed by atoms with Gasteiger partial charge in [0.05, 0.1) is 17.9 Å². The van der Waals surface area contributed by atoms with Crippen LogP contribution in [-0.4, -0.2) is 21.5 Å². The Bertz CT molecular complexity index is 604. The fourth-order valence-corrected chi connectivity index (χ4v) is 3.21. The summed E-state index contributed by atoms with van der Waals surface area (Å²) in [6, 6.07) is 6.34. The van der Waals surface area contributed by atoms with Crippen molar-refractivity contribution >= 4 is 16.0 Å². The number of hydrogen-bond donors (Lipinski definition) is 1. The summed E-state index contributed by atoms with van der Waals surface area (Å²) in [6.45, 7) is 3.99. The lowest BCUT2D eigenvalue weighted by molar-refractivity contribution is -0.143. The van der Waals surface area contributed by atoms with Crippen molar-refractivity contribution in [1.29, 1.82) is 0 Å². The van der Waals surface area contributed by atoms with E-state index in [1.54, 1.807) is 12.1 Å². The van der Waals surface area contributed by atoms with Gasteiger partial charge in [-0.1, -0.05) is 26.0 Å². The van der Waals surface area contributed by atoms with Gasteiger partial charge in [0.25, 0.3) is 0 Å². The Morgan fingerprint density at radius 2 is 1.79 bits per heavy atom. The van der Waals surface area contributed by atoms with Gasteiger partial charge in [-0.05, 0) is 23.1 Å². The quantitative estimate of drug-likeness (QED) is 0.846. The van der Waals surface area contributed by atoms with Crippen LogP contribution < -0.4 is 5.14 Å². The van der Waals surface area contributed by atoms with E-state index in [-0.39, 0.29) is 28.1 Å². The first-order chi connectivity index (χ1) is 8.69. The maximum absolute atomic E-state index is 11.7. The lowest BCUT2D eigenvalue weighted by Gasteiger charge is -2.04. The van der Waals surface area contributed by atoms with Crippen molar-refractivity contribution < 1.29 is 17.9 Å². The third-order valence-electron chi connectivity index (χ3n) is 3.85. The minimum absolute atomic E-state index is 0.0504. The highest BCUT2D eigenvalue weighted by Crippen LogP contribution is 2.64. The van der Waals surface area contributed by atoms with E-state index in [0.717, 1.165) is 5.56 Å². The predicted octanol–water partition coefficient (Wildman–Crippen LogP) is 1.25. The Balaban J connectivity index is 2.28. The summed E-state index contributed by atoms with van der Waals surface area (Å²) in [5.41, 5.74) is 0.753. The summed E-state index contributed by atoms with van der Waals surface area (Å²) in [6.07, 6.45) is 0. The highest BCUT2D eigenvalue weighted by molar-refractivity contribution is 7.89. The second kappa shape index (κ2) is 4.31. The van der Waals surface area contributed by atoms with Crippen LogP contribution in [0.3, 0.4) is 0 Å². The van der Waals surface area contributed by atoms with Gasteiger partial charge in [-0.2, -0.15) is 0 Å². The second-order valence-corrected chi connectivity index (χ2v) is 6.98. The zero-order valence-corrected chi connectivity index (χ0v) is 11.9. The number of esters is 1. The Hall–Kier alpha value is -1.40. The maximum atomic E-state index is 11.7. The highest BCUT2D eigenvalue weighted by atomic mass is 32.2. The number of carbonyl (C=O) groups excluding carboxylic acids is 1. The number of rotatable bonds is 3. The molecule has 0 radical (unpaired) electrons. The monoisotopic (exact) mass is 283 g/mol.